The van der Waals surface area contributed by atoms with E-state index in [2.05, 4.69) is 30.6 Å². The van der Waals surface area contributed by atoms with E-state index < -0.39 is 11.9 Å². The first-order valence-electron chi connectivity index (χ1n) is 6.84. The Morgan fingerprint density at radius 3 is 2.58 bits per heavy atom. The summed E-state index contributed by atoms with van der Waals surface area (Å²) in [5.74, 6) is -0.239. The Balaban J connectivity index is 2.26. The van der Waals surface area contributed by atoms with Gasteiger partial charge in [0.15, 0.2) is 16.0 Å². The van der Waals surface area contributed by atoms with Gasteiger partial charge < -0.3 is 10.6 Å². The molecule has 24 heavy (non-hydrogen) atoms. The van der Waals surface area contributed by atoms with E-state index in [0.717, 1.165) is 24.2 Å². The first-order valence-corrected chi connectivity index (χ1v) is 8.07. The van der Waals surface area contributed by atoms with Gasteiger partial charge in [0.1, 0.15) is 5.03 Å². The van der Waals surface area contributed by atoms with Gasteiger partial charge in [-0.1, -0.05) is 6.92 Å². The van der Waals surface area contributed by atoms with Crippen molar-refractivity contribution in [2.24, 2.45) is 0 Å². The quantitative estimate of drug-likeness (QED) is 0.470. The fourth-order valence-corrected chi connectivity index (χ4v) is 2.40. The Bertz CT molecular complexity index is 696. The molecule has 0 saturated carbocycles. The standard InChI is InChI=1S/C13H13F3N6S2/c1-2-4-17-11(23)22-10-20-8(13(14,15)16)7-9(21-10)24-12-18-5-3-6-19-12/h3,5-7H,2,4H2,1H3,(H2,17,20,21,22,23). The summed E-state index contributed by atoms with van der Waals surface area (Å²) in [7, 11) is 0. The summed E-state index contributed by atoms with van der Waals surface area (Å²) >= 11 is 5.90. The molecule has 0 amide bonds. The number of alkyl halides is 3. The van der Waals surface area contributed by atoms with Crippen molar-refractivity contribution in [3.63, 3.8) is 0 Å². The van der Waals surface area contributed by atoms with E-state index >= 15 is 0 Å². The Labute approximate surface area is 145 Å². The second-order valence-electron chi connectivity index (χ2n) is 4.43. The number of hydrogen-bond donors (Lipinski definition) is 2. The van der Waals surface area contributed by atoms with Crippen molar-refractivity contribution in [1.29, 1.82) is 0 Å². The molecule has 2 N–H and O–H groups in total. The largest absolute Gasteiger partial charge is 0.433 e. The minimum Gasteiger partial charge on any atom is -0.362 e. The molecule has 0 atom stereocenters. The van der Waals surface area contributed by atoms with E-state index in [1.54, 1.807) is 6.07 Å². The van der Waals surface area contributed by atoms with Gasteiger partial charge in [0.2, 0.25) is 5.95 Å². The summed E-state index contributed by atoms with van der Waals surface area (Å²) in [5.41, 5.74) is -1.07. The van der Waals surface area contributed by atoms with Gasteiger partial charge in [-0.15, -0.1) is 0 Å². The molecular weight excluding hydrogens is 361 g/mol. The average Bonchev–Trinajstić information content (AvgIpc) is 2.53. The average molecular weight is 374 g/mol. The van der Waals surface area contributed by atoms with E-state index in [0.29, 0.717) is 6.54 Å². The van der Waals surface area contributed by atoms with Crippen LogP contribution in [0, 0.1) is 0 Å². The lowest BCUT2D eigenvalue weighted by molar-refractivity contribution is -0.141. The molecule has 128 valence electrons. The molecule has 0 saturated heterocycles. The summed E-state index contributed by atoms with van der Waals surface area (Å²) in [5, 5.41) is 5.89. The molecule has 0 aromatic carbocycles. The van der Waals surface area contributed by atoms with Gasteiger partial charge in [-0.05, 0) is 36.5 Å². The monoisotopic (exact) mass is 374 g/mol. The van der Waals surface area contributed by atoms with Crippen LogP contribution in [0.2, 0.25) is 0 Å². The number of nitrogens with zero attached hydrogens (tertiary/aromatic N) is 4. The molecule has 0 spiro atoms. The minimum absolute atomic E-state index is 0.0596. The third-order valence-corrected chi connectivity index (χ3v) is 3.55. The topological polar surface area (TPSA) is 75.6 Å². The normalized spacial score (nSPS) is 11.2. The van der Waals surface area contributed by atoms with E-state index in [-0.39, 0.29) is 21.2 Å². The highest BCUT2D eigenvalue weighted by Crippen LogP contribution is 2.32. The van der Waals surface area contributed by atoms with Crippen LogP contribution in [0.3, 0.4) is 0 Å². The molecule has 0 aliphatic carbocycles. The molecule has 0 aliphatic rings. The van der Waals surface area contributed by atoms with E-state index in [1.807, 2.05) is 6.92 Å². The smallest absolute Gasteiger partial charge is 0.362 e. The van der Waals surface area contributed by atoms with Gasteiger partial charge in [0.25, 0.3) is 0 Å². The predicted molar refractivity (Wildman–Crippen MR) is 87.7 cm³/mol. The lowest BCUT2D eigenvalue weighted by atomic mass is 10.4. The first-order chi connectivity index (χ1) is 11.4. The highest BCUT2D eigenvalue weighted by Gasteiger charge is 2.34. The summed E-state index contributed by atoms with van der Waals surface area (Å²) < 4.78 is 39.1. The fraction of sp³-hybridized carbons (Fsp3) is 0.308. The number of hydrogen-bond acceptors (Lipinski definition) is 6. The molecule has 0 unspecified atom stereocenters. The Morgan fingerprint density at radius 2 is 1.96 bits per heavy atom. The number of aromatic nitrogens is 4. The summed E-state index contributed by atoms with van der Waals surface area (Å²) in [6, 6.07) is 2.45. The predicted octanol–water partition coefficient (Wildman–Crippen LogP) is 3.13. The van der Waals surface area contributed by atoms with Gasteiger partial charge in [-0.2, -0.15) is 13.2 Å². The highest BCUT2D eigenvalue weighted by atomic mass is 32.2. The molecule has 0 radical (unpaired) electrons. The zero-order valence-corrected chi connectivity index (χ0v) is 14.1. The Morgan fingerprint density at radius 1 is 1.25 bits per heavy atom. The van der Waals surface area contributed by atoms with Crippen molar-refractivity contribution in [3.05, 3.63) is 30.2 Å². The van der Waals surface area contributed by atoms with Crippen molar-refractivity contribution in [2.75, 3.05) is 11.9 Å². The molecule has 6 nitrogen and oxygen atoms in total. The third kappa shape index (κ3) is 5.57. The van der Waals surface area contributed by atoms with Crippen molar-refractivity contribution in [3.8, 4) is 0 Å². The second-order valence-corrected chi connectivity index (χ2v) is 5.82. The van der Waals surface area contributed by atoms with Gasteiger partial charge in [0, 0.05) is 25.0 Å². The number of nitrogens with one attached hydrogen (secondary N) is 2. The van der Waals surface area contributed by atoms with Crippen LogP contribution >= 0.6 is 24.0 Å². The maximum atomic E-state index is 13.0. The van der Waals surface area contributed by atoms with Crippen LogP contribution in [0.4, 0.5) is 19.1 Å². The van der Waals surface area contributed by atoms with Crippen LogP contribution in [-0.2, 0) is 6.18 Å². The fourth-order valence-electron chi connectivity index (χ4n) is 1.49. The summed E-state index contributed by atoms with van der Waals surface area (Å²) in [6.07, 6.45) is -0.809. The summed E-state index contributed by atoms with van der Waals surface area (Å²) in [6.45, 7) is 2.52. The van der Waals surface area contributed by atoms with Gasteiger partial charge >= 0.3 is 6.18 Å². The maximum absolute atomic E-state index is 13.0. The van der Waals surface area contributed by atoms with Crippen molar-refractivity contribution >= 4 is 35.0 Å². The van der Waals surface area contributed by atoms with Crippen LogP contribution in [-0.4, -0.2) is 31.6 Å². The molecule has 2 aromatic heterocycles. The number of anilines is 1. The number of thiocarbonyl (C=S) groups is 1. The van der Waals surface area contributed by atoms with Gasteiger partial charge in [0.05, 0.1) is 0 Å². The van der Waals surface area contributed by atoms with Crippen LogP contribution in [0.5, 0.6) is 0 Å². The zero-order valence-electron chi connectivity index (χ0n) is 12.5. The minimum atomic E-state index is -4.61. The lowest BCUT2D eigenvalue weighted by Crippen LogP contribution is -2.30. The van der Waals surface area contributed by atoms with Crippen LogP contribution in [0.1, 0.15) is 19.0 Å². The first kappa shape index (κ1) is 18.3. The van der Waals surface area contributed by atoms with E-state index in [1.165, 1.54) is 12.4 Å². The molecule has 0 fully saturated rings. The molecule has 0 bridgehead atoms. The van der Waals surface area contributed by atoms with Gasteiger partial charge in [-0.3, -0.25) is 0 Å². The molecule has 2 rings (SSSR count). The van der Waals surface area contributed by atoms with Crippen LogP contribution < -0.4 is 10.6 Å². The van der Waals surface area contributed by atoms with Crippen molar-refractivity contribution < 1.29 is 13.2 Å². The lowest BCUT2D eigenvalue weighted by Gasteiger charge is -2.12. The highest BCUT2D eigenvalue weighted by molar-refractivity contribution is 7.99. The SMILES string of the molecule is CCCNC(=S)Nc1nc(Sc2ncccn2)cc(C(F)(F)F)n1. The van der Waals surface area contributed by atoms with E-state index in [4.69, 9.17) is 12.2 Å². The molecule has 11 heteroatoms. The maximum Gasteiger partial charge on any atom is 0.433 e. The van der Waals surface area contributed by atoms with E-state index in [9.17, 15) is 13.2 Å². The second kappa shape index (κ2) is 8.20. The molecular formula is C13H13F3N6S2. The number of halogens is 3. The zero-order chi connectivity index (χ0) is 17.6. The Hall–Kier alpha value is -2.01. The summed E-state index contributed by atoms with van der Waals surface area (Å²) in [4.78, 5) is 15.4. The molecule has 2 aromatic rings. The van der Waals surface area contributed by atoms with Crippen LogP contribution in [0.25, 0.3) is 0 Å². The Kier molecular flexibility index (Phi) is 6.26. The number of rotatable bonds is 5. The van der Waals surface area contributed by atoms with Gasteiger partial charge in [-0.25, -0.2) is 19.9 Å². The van der Waals surface area contributed by atoms with Crippen molar-refractivity contribution in [2.45, 2.75) is 29.7 Å². The molecule has 2 heterocycles. The third-order valence-electron chi connectivity index (χ3n) is 2.49. The van der Waals surface area contributed by atoms with Crippen LogP contribution in [0.15, 0.2) is 34.7 Å². The van der Waals surface area contributed by atoms with Crippen molar-refractivity contribution in [1.82, 2.24) is 25.3 Å². The molecule has 0 aliphatic heterocycles.